The number of hydrogen-bond donors (Lipinski definition) is 2. The molecule has 0 bridgehead atoms. The Morgan fingerprint density at radius 3 is 2.65 bits per heavy atom. The van der Waals surface area contributed by atoms with Gasteiger partial charge in [0.1, 0.15) is 12.1 Å². The summed E-state index contributed by atoms with van der Waals surface area (Å²) in [5.74, 6) is -1.75. The standard InChI is InChI=1S/C23H32N2O6/c1-16(24-18(22(29)30-2)9-8-17-6-4-3-5-7-17)20(26)25-14-23(12-13-31-15-23)11-10-19(25)21(27)28/h3-7,16,18-19,24H,8-15H2,1-2H3,(H,27,28)/t16-,18?,19-,23?/m0/s1. The molecule has 2 saturated heterocycles. The molecule has 2 unspecified atom stereocenters. The van der Waals surface area contributed by atoms with Crippen LogP contribution in [0.3, 0.4) is 0 Å². The molecule has 1 aromatic rings. The number of carboxylic acids is 1. The number of benzene rings is 1. The molecule has 2 aliphatic heterocycles. The van der Waals surface area contributed by atoms with Crippen LogP contribution in [0, 0.1) is 5.41 Å². The molecule has 0 aliphatic carbocycles. The number of carboxylic acid groups (broad SMARTS) is 1. The molecule has 31 heavy (non-hydrogen) atoms. The number of methoxy groups -OCH3 is 1. The number of carbonyl (C=O) groups is 3. The van der Waals surface area contributed by atoms with E-state index in [4.69, 9.17) is 9.47 Å². The molecular formula is C23H32N2O6. The lowest BCUT2D eigenvalue weighted by molar-refractivity contribution is -0.156. The molecular weight excluding hydrogens is 400 g/mol. The average Bonchev–Trinajstić information content (AvgIpc) is 3.23. The summed E-state index contributed by atoms with van der Waals surface area (Å²) in [5, 5.41) is 12.8. The highest BCUT2D eigenvalue weighted by atomic mass is 16.5. The number of aliphatic carboxylic acids is 1. The smallest absolute Gasteiger partial charge is 0.326 e. The van der Waals surface area contributed by atoms with Gasteiger partial charge in [-0.05, 0) is 44.6 Å². The molecule has 8 heteroatoms. The van der Waals surface area contributed by atoms with Crippen LogP contribution in [0.2, 0.25) is 0 Å². The quantitative estimate of drug-likeness (QED) is 0.602. The number of ether oxygens (including phenoxy) is 2. The number of esters is 1. The van der Waals surface area contributed by atoms with Crippen LogP contribution in [0.1, 0.15) is 38.2 Å². The molecule has 1 aromatic carbocycles. The second kappa shape index (κ2) is 10.2. The zero-order chi connectivity index (χ0) is 22.4. The Kier molecular flexibility index (Phi) is 7.67. The summed E-state index contributed by atoms with van der Waals surface area (Å²) in [4.78, 5) is 38.9. The summed E-state index contributed by atoms with van der Waals surface area (Å²) in [5.41, 5.74) is 0.915. The minimum atomic E-state index is -0.997. The molecule has 3 rings (SSSR count). The molecule has 8 nitrogen and oxygen atoms in total. The minimum absolute atomic E-state index is 0.170. The number of hydrogen-bond acceptors (Lipinski definition) is 6. The van der Waals surface area contributed by atoms with Gasteiger partial charge in [-0.15, -0.1) is 0 Å². The van der Waals surface area contributed by atoms with E-state index in [2.05, 4.69) is 5.32 Å². The molecule has 4 atom stereocenters. The van der Waals surface area contributed by atoms with Crippen LogP contribution < -0.4 is 5.32 Å². The topological polar surface area (TPSA) is 105 Å². The first-order valence-electron chi connectivity index (χ1n) is 10.8. The Labute approximate surface area is 182 Å². The van der Waals surface area contributed by atoms with Crippen LogP contribution in [0.25, 0.3) is 0 Å². The number of amides is 1. The summed E-state index contributed by atoms with van der Waals surface area (Å²) in [7, 11) is 1.32. The van der Waals surface area contributed by atoms with Crippen molar-refractivity contribution >= 4 is 17.8 Å². The van der Waals surface area contributed by atoms with Gasteiger partial charge in [-0.3, -0.25) is 14.9 Å². The first-order chi connectivity index (χ1) is 14.8. The number of likely N-dealkylation sites (tertiary alicyclic amines) is 1. The van der Waals surface area contributed by atoms with Crippen molar-refractivity contribution in [2.24, 2.45) is 5.41 Å². The maximum absolute atomic E-state index is 13.3. The lowest BCUT2D eigenvalue weighted by Gasteiger charge is -2.44. The Hall–Kier alpha value is -2.45. The van der Waals surface area contributed by atoms with Crippen molar-refractivity contribution in [2.45, 2.75) is 57.2 Å². The Bertz CT molecular complexity index is 778. The summed E-state index contributed by atoms with van der Waals surface area (Å²) >= 11 is 0. The first kappa shape index (κ1) is 23.2. The van der Waals surface area contributed by atoms with Gasteiger partial charge in [-0.25, -0.2) is 4.79 Å². The normalized spacial score (nSPS) is 25.2. The van der Waals surface area contributed by atoms with Crippen LogP contribution in [0.5, 0.6) is 0 Å². The summed E-state index contributed by atoms with van der Waals surface area (Å²) in [6, 6.07) is 7.53. The van der Waals surface area contributed by atoms with Gasteiger partial charge in [0, 0.05) is 18.6 Å². The Morgan fingerprint density at radius 1 is 1.29 bits per heavy atom. The fraction of sp³-hybridized carbons (Fsp3) is 0.609. The SMILES string of the molecule is COC(=O)C(CCc1ccccc1)N[C@@H](C)C(=O)N1CC2(CCOC2)CC[C@H]1C(=O)O. The fourth-order valence-electron chi connectivity index (χ4n) is 4.60. The van der Waals surface area contributed by atoms with Crippen molar-refractivity contribution in [3.05, 3.63) is 35.9 Å². The van der Waals surface area contributed by atoms with Gasteiger partial charge in [0.25, 0.3) is 0 Å². The van der Waals surface area contributed by atoms with Crippen LogP contribution >= 0.6 is 0 Å². The van der Waals surface area contributed by atoms with Gasteiger partial charge in [-0.2, -0.15) is 0 Å². The molecule has 170 valence electrons. The van der Waals surface area contributed by atoms with Crippen LogP contribution in [0.4, 0.5) is 0 Å². The highest BCUT2D eigenvalue weighted by Gasteiger charge is 2.46. The van der Waals surface area contributed by atoms with Crippen molar-refractivity contribution in [3.8, 4) is 0 Å². The third-order valence-electron chi connectivity index (χ3n) is 6.46. The predicted molar refractivity (Wildman–Crippen MR) is 113 cm³/mol. The molecule has 2 fully saturated rings. The van der Waals surface area contributed by atoms with Gasteiger partial charge in [0.15, 0.2) is 0 Å². The number of piperidine rings is 1. The van der Waals surface area contributed by atoms with Crippen LogP contribution in [0.15, 0.2) is 30.3 Å². The molecule has 0 saturated carbocycles. The maximum Gasteiger partial charge on any atom is 0.326 e. The van der Waals surface area contributed by atoms with Gasteiger partial charge in [0.05, 0.1) is 19.8 Å². The number of aryl methyl sites for hydroxylation is 1. The number of carbonyl (C=O) groups excluding carboxylic acids is 2. The number of nitrogens with one attached hydrogen (secondary N) is 1. The van der Waals surface area contributed by atoms with Crippen molar-refractivity contribution < 1.29 is 29.0 Å². The second-order valence-electron chi connectivity index (χ2n) is 8.65. The highest BCUT2D eigenvalue weighted by Crippen LogP contribution is 2.40. The summed E-state index contributed by atoms with van der Waals surface area (Å²) < 4.78 is 10.5. The Balaban J connectivity index is 1.68. The van der Waals surface area contributed by atoms with E-state index in [0.29, 0.717) is 39.0 Å². The molecule has 2 N–H and O–H groups in total. The average molecular weight is 433 g/mol. The van der Waals surface area contributed by atoms with E-state index in [9.17, 15) is 19.5 Å². The molecule has 0 aromatic heterocycles. The van der Waals surface area contributed by atoms with Gasteiger partial charge >= 0.3 is 11.9 Å². The van der Waals surface area contributed by atoms with Gasteiger partial charge in [-0.1, -0.05) is 30.3 Å². The van der Waals surface area contributed by atoms with E-state index in [0.717, 1.165) is 18.4 Å². The zero-order valence-corrected chi connectivity index (χ0v) is 18.2. The zero-order valence-electron chi connectivity index (χ0n) is 18.2. The highest BCUT2D eigenvalue weighted by molar-refractivity contribution is 5.88. The van der Waals surface area contributed by atoms with Crippen LogP contribution in [-0.2, 0) is 30.3 Å². The fourth-order valence-corrected chi connectivity index (χ4v) is 4.60. The summed E-state index contributed by atoms with van der Waals surface area (Å²) in [6.45, 7) is 3.22. The lowest BCUT2D eigenvalue weighted by atomic mass is 9.77. The number of rotatable bonds is 8. The third-order valence-corrected chi connectivity index (χ3v) is 6.46. The summed E-state index contributed by atoms with van der Waals surface area (Å²) in [6.07, 6.45) is 3.08. The van der Waals surface area contributed by atoms with Crippen molar-refractivity contribution in [2.75, 3.05) is 26.9 Å². The Morgan fingerprint density at radius 2 is 2.03 bits per heavy atom. The monoisotopic (exact) mass is 432 g/mol. The van der Waals surface area contributed by atoms with E-state index in [-0.39, 0.29) is 11.3 Å². The van der Waals surface area contributed by atoms with E-state index < -0.39 is 30.1 Å². The van der Waals surface area contributed by atoms with Crippen molar-refractivity contribution in [1.82, 2.24) is 10.2 Å². The number of nitrogens with zero attached hydrogens (tertiary/aromatic N) is 1. The van der Waals surface area contributed by atoms with Crippen molar-refractivity contribution in [1.29, 1.82) is 0 Å². The third kappa shape index (κ3) is 5.62. The first-order valence-corrected chi connectivity index (χ1v) is 10.8. The van der Waals surface area contributed by atoms with E-state index in [1.54, 1.807) is 6.92 Å². The largest absolute Gasteiger partial charge is 0.480 e. The minimum Gasteiger partial charge on any atom is -0.480 e. The van der Waals surface area contributed by atoms with Gasteiger partial charge < -0.3 is 19.5 Å². The molecule has 2 aliphatic rings. The molecule has 1 amide bonds. The van der Waals surface area contributed by atoms with Crippen molar-refractivity contribution in [3.63, 3.8) is 0 Å². The van der Waals surface area contributed by atoms with Crippen LogP contribution in [-0.4, -0.2) is 72.8 Å². The van der Waals surface area contributed by atoms with E-state index in [1.807, 2.05) is 30.3 Å². The van der Waals surface area contributed by atoms with Gasteiger partial charge in [0.2, 0.25) is 5.91 Å². The molecule has 1 spiro atoms. The lowest BCUT2D eigenvalue weighted by Crippen LogP contribution is -2.59. The maximum atomic E-state index is 13.3. The second-order valence-corrected chi connectivity index (χ2v) is 8.65. The van der Waals surface area contributed by atoms with E-state index >= 15 is 0 Å². The predicted octanol–water partition coefficient (Wildman–Crippen LogP) is 1.62. The molecule has 0 radical (unpaired) electrons. The molecule has 2 heterocycles. The van der Waals surface area contributed by atoms with E-state index in [1.165, 1.54) is 12.0 Å².